The quantitative estimate of drug-likeness (QED) is 0.674. The second-order valence-corrected chi connectivity index (χ2v) is 4.12. The third kappa shape index (κ3) is 1.99. The average molecular weight is 169 g/mol. The Balaban J connectivity index is 2.53. The Labute approximate surface area is 74.5 Å². The van der Waals surface area contributed by atoms with Crippen molar-refractivity contribution in [2.45, 2.75) is 39.5 Å². The van der Waals surface area contributed by atoms with Gasteiger partial charge in [0, 0.05) is 5.92 Å². The number of amides is 1. The Kier molecular flexibility index (Phi) is 3.12. The van der Waals surface area contributed by atoms with E-state index in [-0.39, 0.29) is 11.8 Å². The van der Waals surface area contributed by atoms with Crippen LogP contribution in [0.1, 0.15) is 39.5 Å². The van der Waals surface area contributed by atoms with E-state index in [9.17, 15) is 4.79 Å². The second kappa shape index (κ2) is 3.92. The van der Waals surface area contributed by atoms with Gasteiger partial charge in [0.15, 0.2) is 0 Å². The van der Waals surface area contributed by atoms with Crippen molar-refractivity contribution in [1.29, 1.82) is 0 Å². The Morgan fingerprint density at radius 2 is 2.00 bits per heavy atom. The normalized spacial score (nSPS) is 32.8. The van der Waals surface area contributed by atoms with Crippen LogP contribution in [0.25, 0.3) is 0 Å². The lowest BCUT2D eigenvalue weighted by molar-refractivity contribution is -0.123. The summed E-state index contributed by atoms with van der Waals surface area (Å²) in [5.41, 5.74) is 5.29. The smallest absolute Gasteiger partial charge is 0.220 e. The van der Waals surface area contributed by atoms with Crippen LogP contribution in [0.15, 0.2) is 0 Å². The van der Waals surface area contributed by atoms with Gasteiger partial charge < -0.3 is 5.73 Å². The summed E-state index contributed by atoms with van der Waals surface area (Å²) in [4.78, 5) is 11.0. The van der Waals surface area contributed by atoms with Crippen LogP contribution in [0.2, 0.25) is 0 Å². The number of hydrogen-bond acceptors (Lipinski definition) is 1. The molecule has 0 aliphatic heterocycles. The summed E-state index contributed by atoms with van der Waals surface area (Å²) in [6.45, 7) is 4.21. The van der Waals surface area contributed by atoms with E-state index in [2.05, 4.69) is 6.92 Å². The summed E-state index contributed by atoms with van der Waals surface area (Å²) >= 11 is 0. The zero-order valence-electron chi connectivity index (χ0n) is 8.05. The molecule has 2 heteroatoms. The molecule has 1 aliphatic rings. The minimum Gasteiger partial charge on any atom is -0.369 e. The van der Waals surface area contributed by atoms with Crippen LogP contribution in [0.5, 0.6) is 0 Å². The molecule has 0 heterocycles. The molecular weight excluding hydrogens is 150 g/mol. The van der Waals surface area contributed by atoms with Gasteiger partial charge in [-0.15, -0.1) is 0 Å². The van der Waals surface area contributed by atoms with E-state index in [4.69, 9.17) is 5.73 Å². The van der Waals surface area contributed by atoms with E-state index in [1.165, 1.54) is 25.7 Å². The molecule has 0 saturated heterocycles. The number of carbonyl (C=O) groups is 1. The van der Waals surface area contributed by atoms with Crippen molar-refractivity contribution < 1.29 is 4.79 Å². The van der Waals surface area contributed by atoms with Crippen molar-refractivity contribution in [3.63, 3.8) is 0 Å². The predicted molar refractivity (Wildman–Crippen MR) is 49.5 cm³/mol. The van der Waals surface area contributed by atoms with Crippen molar-refractivity contribution >= 4 is 5.91 Å². The van der Waals surface area contributed by atoms with Gasteiger partial charge in [-0.1, -0.05) is 33.1 Å². The van der Waals surface area contributed by atoms with E-state index < -0.39 is 0 Å². The minimum absolute atomic E-state index is 0.0697. The maximum atomic E-state index is 11.0. The first kappa shape index (κ1) is 9.56. The van der Waals surface area contributed by atoms with Crippen LogP contribution in [0.3, 0.4) is 0 Å². The van der Waals surface area contributed by atoms with Crippen LogP contribution in [-0.4, -0.2) is 5.91 Å². The highest BCUT2D eigenvalue weighted by atomic mass is 16.1. The molecular formula is C10H19NO. The molecule has 0 aromatic rings. The molecule has 0 spiro atoms. The molecule has 3 atom stereocenters. The van der Waals surface area contributed by atoms with Crippen LogP contribution < -0.4 is 5.73 Å². The molecule has 2 nitrogen and oxygen atoms in total. The van der Waals surface area contributed by atoms with Gasteiger partial charge in [-0.2, -0.15) is 0 Å². The molecule has 1 amide bonds. The van der Waals surface area contributed by atoms with Crippen LogP contribution >= 0.6 is 0 Å². The minimum atomic E-state index is -0.131. The highest BCUT2D eigenvalue weighted by molar-refractivity contribution is 5.76. The highest BCUT2D eigenvalue weighted by Gasteiger charge is 2.28. The van der Waals surface area contributed by atoms with Crippen molar-refractivity contribution in [1.82, 2.24) is 0 Å². The van der Waals surface area contributed by atoms with Crippen LogP contribution in [0, 0.1) is 17.8 Å². The molecule has 12 heavy (non-hydrogen) atoms. The first-order chi connectivity index (χ1) is 5.63. The molecule has 3 unspecified atom stereocenters. The van der Waals surface area contributed by atoms with Crippen molar-refractivity contribution in [3.05, 3.63) is 0 Å². The zero-order valence-corrected chi connectivity index (χ0v) is 8.05. The number of carbonyl (C=O) groups excluding carboxylic acids is 1. The summed E-state index contributed by atoms with van der Waals surface area (Å²) in [5, 5.41) is 0. The lowest BCUT2D eigenvalue weighted by Gasteiger charge is -2.31. The van der Waals surface area contributed by atoms with Gasteiger partial charge >= 0.3 is 0 Å². The van der Waals surface area contributed by atoms with Gasteiger partial charge in [0.1, 0.15) is 0 Å². The Morgan fingerprint density at radius 1 is 1.42 bits per heavy atom. The summed E-state index contributed by atoms with van der Waals surface area (Å²) < 4.78 is 0. The molecule has 1 aliphatic carbocycles. The standard InChI is InChI=1S/C10H19NO/c1-7-5-3-4-6-9(7)8(2)10(11)12/h7-9H,3-6H2,1-2H3,(H2,11,12). The molecule has 0 aromatic carbocycles. The molecule has 70 valence electrons. The van der Waals surface area contributed by atoms with Gasteiger partial charge in [-0.25, -0.2) is 0 Å². The molecule has 1 saturated carbocycles. The molecule has 0 aromatic heterocycles. The zero-order chi connectivity index (χ0) is 9.14. The maximum Gasteiger partial charge on any atom is 0.220 e. The molecule has 0 bridgehead atoms. The fraction of sp³-hybridized carbons (Fsp3) is 0.900. The molecule has 0 radical (unpaired) electrons. The van der Waals surface area contributed by atoms with E-state index >= 15 is 0 Å². The van der Waals surface area contributed by atoms with Crippen LogP contribution in [-0.2, 0) is 4.79 Å². The lowest BCUT2D eigenvalue weighted by Crippen LogP contribution is -2.32. The fourth-order valence-electron chi connectivity index (χ4n) is 2.30. The van der Waals surface area contributed by atoms with Gasteiger partial charge in [0.25, 0.3) is 0 Å². The van der Waals surface area contributed by atoms with E-state index in [1.807, 2.05) is 6.92 Å². The fourth-order valence-corrected chi connectivity index (χ4v) is 2.30. The lowest BCUT2D eigenvalue weighted by atomic mass is 9.74. The number of rotatable bonds is 2. The first-order valence-corrected chi connectivity index (χ1v) is 4.92. The molecule has 1 fully saturated rings. The van der Waals surface area contributed by atoms with Gasteiger partial charge in [-0.05, 0) is 18.3 Å². The SMILES string of the molecule is CC1CCCCC1C(C)C(N)=O. The third-order valence-electron chi connectivity index (χ3n) is 3.27. The predicted octanol–water partition coefficient (Wildman–Crippen LogP) is 1.93. The van der Waals surface area contributed by atoms with Crippen molar-refractivity contribution in [2.75, 3.05) is 0 Å². The summed E-state index contributed by atoms with van der Waals surface area (Å²) in [5.74, 6) is 1.16. The van der Waals surface area contributed by atoms with Crippen molar-refractivity contribution in [3.8, 4) is 0 Å². The van der Waals surface area contributed by atoms with E-state index in [1.54, 1.807) is 0 Å². The van der Waals surface area contributed by atoms with E-state index in [0.29, 0.717) is 11.8 Å². The van der Waals surface area contributed by atoms with Crippen LogP contribution in [0.4, 0.5) is 0 Å². The second-order valence-electron chi connectivity index (χ2n) is 4.12. The first-order valence-electron chi connectivity index (χ1n) is 4.92. The monoisotopic (exact) mass is 169 g/mol. The largest absolute Gasteiger partial charge is 0.369 e. The van der Waals surface area contributed by atoms with Gasteiger partial charge in [0.2, 0.25) is 5.91 Å². The van der Waals surface area contributed by atoms with E-state index in [0.717, 1.165) is 0 Å². The Bertz CT molecular complexity index is 167. The maximum absolute atomic E-state index is 11.0. The van der Waals surface area contributed by atoms with Gasteiger partial charge in [0.05, 0.1) is 0 Å². The van der Waals surface area contributed by atoms with Crippen molar-refractivity contribution in [2.24, 2.45) is 23.5 Å². The third-order valence-corrected chi connectivity index (χ3v) is 3.27. The molecule has 1 rings (SSSR count). The summed E-state index contributed by atoms with van der Waals surface area (Å²) in [6, 6.07) is 0. The Morgan fingerprint density at radius 3 is 2.50 bits per heavy atom. The number of nitrogens with two attached hydrogens (primary N) is 1. The Hall–Kier alpha value is -0.530. The highest BCUT2D eigenvalue weighted by Crippen LogP contribution is 2.34. The number of hydrogen-bond donors (Lipinski definition) is 1. The number of primary amides is 1. The summed E-state index contributed by atoms with van der Waals surface area (Å²) in [6.07, 6.45) is 5.04. The molecule has 2 N–H and O–H groups in total. The van der Waals surface area contributed by atoms with Gasteiger partial charge in [-0.3, -0.25) is 4.79 Å². The summed E-state index contributed by atoms with van der Waals surface area (Å²) in [7, 11) is 0. The average Bonchev–Trinajstić information content (AvgIpc) is 2.04. The topological polar surface area (TPSA) is 43.1 Å².